The number of benzene rings is 1. The van der Waals surface area contributed by atoms with Gasteiger partial charge >= 0.3 is 0 Å². The molecule has 1 aromatic heterocycles. The van der Waals surface area contributed by atoms with Crippen LogP contribution >= 0.6 is 11.3 Å². The number of aryl methyl sites for hydroxylation is 1. The Labute approximate surface area is 121 Å². The highest BCUT2D eigenvalue weighted by atomic mass is 32.1. The van der Waals surface area contributed by atoms with Crippen LogP contribution in [-0.2, 0) is 4.79 Å². The van der Waals surface area contributed by atoms with Gasteiger partial charge < -0.3 is 16.4 Å². The zero-order valence-corrected chi connectivity index (χ0v) is 12.4. The Morgan fingerprint density at radius 2 is 2.25 bits per heavy atom. The van der Waals surface area contributed by atoms with Crippen molar-refractivity contribution in [3.8, 4) is 0 Å². The molecule has 0 saturated heterocycles. The minimum Gasteiger partial charge on any atom is -0.397 e. The van der Waals surface area contributed by atoms with E-state index in [-0.39, 0.29) is 11.9 Å². The Bertz CT molecular complexity index is 662. The molecule has 3 rings (SSSR count). The van der Waals surface area contributed by atoms with E-state index in [1.54, 1.807) is 11.3 Å². The average Bonchev–Trinajstić information content (AvgIpc) is 3.11. The first-order valence-corrected chi connectivity index (χ1v) is 7.58. The lowest BCUT2D eigenvalue weighted by Gasteiger charge is -2.16. The lowest BCUT2D eigenvalue weighted by molar-refractivity contribution is -0.121. The number of amides is 1. The standard InChI is InChI=1S/C14H18N4OS/c1-7(14(19)18-9-3-4-9)16-11-6-12-13(5-10(11)15)20-8(2)17-12/h5-7,9,16H,3-4,15H2,1-2H3,(H,18,19). The molecule has 4 N–H and O–H groups in total. The summed E-state index contributed by atoms with van der Waals surface area (Å²) in [6.07, 6.45) is 2.18. The van der Waals surface area contributed by atoms with Crippen LogP contribution in [0.1, 0.15) is 24.8 Å². The molecule has 1 fully saturated rings. The van der Waals surface area contributed by atoms with Crippen molar-refractivity contribution in [2.24, 2.45) is 0 Å². The summed E-state index contributed by atoms with van der Waals surface area (Å²) < 4.78 is 1.07. The first-order chi connectivity index (χ1) is 9.52. The molecule has 1 atom stereocenters. The van der Waals surface area contributed by atoms with E-state index in [1.807, 2.05) is 26.0 Å². The molecule has 5 nitrogen and oxygen atoms in total. The molecule has 1 aliphatic rings. The highest BCUT2D eigenvalue weighted by Crippen LogP contribution is 2.30. The molecule has 0 radical (unpaired) electrons. The Kier molecular flexibility index (Phi) is 3.25. The van der Waals surface area contributed by atoms with Crippen LogP contribution in [0.15, 0.2) is 12.1 Å². The van der Waals surface area contributed by atoms with Crippen LogP contribution in [0.3, 0.4) is 0 Å². The quantitative estimate of drug-likeness (QED) is 0.755. The highest BCUT2D eigenvalue weighted by Gasteiger charge is 2.25. The second-order valence-electron chi connectivity index (χ2n) is 5.29. The van der Waals surface area contributed by atoms with Gasteiger partial charge in [0.15, 0.2) is 0 Å². The van der Waals surface area contributed by atoms with Crippen LogP contribution in [0.25, 0.3) is 10.2 Å². The van der Waals surface area contributed by atoms with Crippen LogP contribution in [0.4, 0.5) is 11.4 Å². The fourth-order valence-electron chi connectivity index (χ4n) is 2.08. The summed E-state index contributed by atoms with van der Waals surface area (Å²) in [5, 5.41) is 7.16. The molecule has 0 aliphatic heterocycles. The lowest BCUT2D eigenvalue weighted by atomic mass is 10.2. The third kappa shape index (κ3) is 2.70. The molecule has 1 aromatic carbocycles. The van der Waals surface area contributed by atoms with Gasteiger partial charge in [0.1, 0.15) is 6.04 Å². The van der Waals surface area contributed by atoms with Gasteiger partial charge in [-0.1, -0.05) is 0 Å². The summed E-state index contributed by atoms with van der Waals surface area (Å²) in [4.78, 5) is 16.4. The maximum Gasteiger partial charge on any atom is 0.242 e. The summed E-state index contributed by atoms with van der Waals surface area (Å²) in [7, 11) is 0. The van der Waals surface area contributed by atoms with Crippen molar-refractivity contribution < 1.29 is 4.79 Å². The average molecular weight is 290 g/mol. The van der Waals surface area contributed by atoms with E-state index >= 15 is 0 Å². The fourth-order valence-corrected chi connectivity index (χ4v) is 2.94. The van der Waals surface area contributed by atoms with Gasteiger partial charge in [0, 0.05) is 6.04 Å². The number of hydrogen-bond donors (Lipinski definition) is 3. The fraction of sp³-hybridized carbons (Fsp3) is 0.429. The van der Waals surface area contributed by atoms with Crippen LogP contribution in [0.2, 0.25) is 0 Å². The number of carbonyl (C=O) groups excluding carboxylic acids is 1. The number of rotatable bonds is 4. The number of anilines is 2. The smallest absolute Gasteiger partial charge is 0.242 e. The SMILES string of the molecule is Cc1nc2cc(NC(C)C(=O)NC3CC3)c(N)cc2s1. The van der Waals surface area contributed by atoms with Gasteiger partial charge in [-0.2, -0.15) is 0 Å². The first kappa shape index (κ1) is 13.2. The van der Waals surface area contributed by atoms with Gasteiger partial charge in [-0.15, -0.1) is 11.3 Å². The van der Waals surface area contributed by atoms with Crippen molar-refractivity contribution in [3.05, 3.63) is 17.1 Å². The number of nitrogen functional groups attached to an aromatic ring is 1. The minimum absolute atomic E-state index is 0.0152. The van der Waals surface area contributed by atoms with Crippen LogP contribution < -0.4 is 16.4 Å². The van der Waals surface area contributed by atoms with Gasteiger partial charge in [-0.25, -0.2) is 4.98 Å². The molecular weight excluding hydrogens is 272 g/mol. The van der Waals surface area contributed by atoms with E-state index in [4.69, 9.17) is 5.73 Å². The maximum absolute atomic E-state index is 11.9. The summed E-state index contributed by atoms with van der Waals surface area (Å²) in [5.74, 6) is 0.0152. The number of nitrogens with zero attached hydrogens (tertiary/aromatic N) is 1. The van der Waals surface area contributed by atoms with E-state index < -0.39 is 0 Å². The summed E-state index contributed by atoms with van der Waals surface area (Å²) in [6, 6.07) is 3.88. The monoisotopic (exact) mass is 290 g/mol. The molecule has 1 saturated carbocycles. The second-order valence-corrected chi connectivity index (χ2v) is 6.52. The minimum atomic E-state index is -0.310. The highest BCUT2D eigenvalue weighted by molar-refractivity contribution is 7.18. The maximum atomic E-state index is 11.9. The van der Waals surface area contributed by atoms with Gasteiger partial charge in [-0.3, -0.25) is 4.79 Å². The molecule has 1 heterocycles. The van der Waals surface area contributed by atoms with Crippen molar-refractivity contribution in [1.29, 1.82) is 0 Å². The number of nitrogens with two attached hydrogens (primary N) is 1. The third-order valence-corrected chi connectivity index (χ3v) is 4.29. The molecular formula is C14H18N4OS. The zero-order chi connectivity index (χ0) is 14.3. The predicted octanol–water partition coefficient (Wildman–Crippen LogP) is 2.27. The largest absolute Gasteiger partial charge is 0.397 e. The van der Waals surface area contributed by atoms with Crippen LogP contribution in [0, 0.1) is 6.92 Å². The zero-order valence-electron chi connectivity index (χ0n) is 11.6. The van der Waals surface area contributed by atoms with Gasteiger partial charge in [0.05, 0.1) is 26.6 Å². The molecule has 0 spiro atoms. The topological polar surface area (TPSA) is 80.0 Å². The summed E-state index contributed by atoms with van der Waals surface area (Å²) in [5.41, 5.74) is 8.37. The van der Waals surface area contributed by atoms with E-state index in [2.05, 4.69) is 15.6 Å². The molecule has 2 aromatic rings. The van der Waals surface area contributed by atoms with E-state index in [0.717, 1.165) is 33.8 Å². The Morgan fingerprint density at radius 1 is 1.50 bits per heavy atom. The van der Waals surface area contributed by atoms with Crippen molar-refractivity contribution in [2.45, 2.75) is 38.8 Å². The summed E-state index contributed by atoms with van der Waals surface area (Å²) >= 11 is 1.62. The molecule has 1 unspecified atom stereocenters. The molecule has 20 heavy (non-hydrogen) atoms. The van der Waals surface area contributed by atoms with Crippen molar-refractivity contribution in [3.63, 3.8) is 0 Å². The number of carbonyl (C=O) groups is 1. The van der Waals surface area contributed by atoms with Crippen molar-refractivity contribution in [1.82, 2.24) is 10.3 Å². The predicted molar refractivity (Wildman–Crippen MR) is 83.0 cm³/mol. The Balaban J connectivity index is 1.78. The number of aromatic nitrogens is 1. The lowest BCUT2D eigenvalue weighted by Crippen LogP contribution is -2.38. The molecule has 1 aliphatic carbocycles. The normalized spacial score (nSPS) is 16.1. The number of thiazole rings is 1. The number of hydrogen-bond acceptors (Lipinski definition) is 5. The van der Waals surface area contributed by atoms with Gasteiger partial charge in [-0.05, 0) is 38.8 Å². The Hall–Kier alpha value is -1.82. The molecule has 1 amide bonds. The van der Waals surface area contributed by atoms with E-state index in [1.165, 1.54) is 0 Å². The van der Waals surface area contributed by atoms with E-state index in [0.29, 0.717) is 11.7 Å². The van der Waals surface area contributed by atoms with Crippen molar-refractivity contribution >= 4 is 38.8 Å². The molecule has 6 heteroatoms. The number of fused-ring (bicyclic) bond motifs is 1. The number of nitrogens with one attached hydrogen (secondary N) is 2. The van der Waals surface area contributed by atoms with Crippen LogP contribution in [0.5, 0.6) is 0 Å². The van der Waals surface area contributed by atoms with Crippen LogP contribution in [-0.4, -0.2) is 23.0 Å². The third-order valence-electron chi connectivity index (χ3n) is 3.36. The van der Waals surface area contributed by atoms with Crippen molar-refractivity contribution in [2.75, 3.05) is 11.1 Å². The Morgan fingerprint density at radius 3 is 2.95 bits per heavy atom. The first-order valence-electron chi connectivity index (χ1n) is 6.76. The summed E-state index contributed by atoms with van der Waals surface area (Å²) in [6.45, 7) is 3.81. The second kappa shape index (κ2) is 4.94. The van der Waals surface area contributed by atoms with Gasteiger partial charge in [0.25, 0.3) is 0 Å². The molecule has 0 bridgehead atoms. The van der Waals surface area contributed by atoms with Gasteiger partial charge in [0.2, 0.25) is 5.91 Å². The van der Waals surface area contributed by atoms with E-state index in [9.17, 15) is 4.79 Å². The molecule has 106 valence electrons.